The smallest absolute Gasteiger partial charge is 0.135 e. The molecule has 0 saturated heterocycles. The SMILES string of the molecule is CCCCCCCCOP1COc2c(C)cc(C)cc2Cc2cc(C)cc(C)c2OC1. The first-order valence-corrected chi connectivity index (χ1v) is 13.4. The fourth-order valence-electron chi connectivity index (χ4n) is 4.43. The van der Waals surface area contributed by atoms with E-state index in [1.54, 1.807) is 0 Å². The van der Waals surface area contributed by atoms with Crippen molar-refractivity contribution in [1.29, 1.82) is 0 Å². The average molecular weight is 443 g/mol. The quantitative estimate of drug-likeness (QED) is 0.306. The van der Waals surface area contributed by atoms with Crippen molar-refractivity contribution < 1.29 is 14.0 Å². The van der Waals surface area contributed by atoms with Crippen LogP contribution < -0.4 is 9.47 Å². The third-order valence-electron chi connectivity index (χ3n) is 5.85. The highest BCUT2D eigenvalue weighted by Crippen LogP contribution is 2.42. The summed E-state index contributed by atoms with van der Waals surface area (Å²) >= 11 is 0. The number of hydrogen-bond donors (Lipinski definition) is 0. The Morgan fingerprint density at radius 2 is 1.26 bits per heavy atom. The standard InChI is InChI=1S/C27H39O3P/c1-6-7-8-9-10-11-12-30-31-18-28-26-22(4)13-20(2)15-24(26)17-25-16-21(3)14-23(5)27(25)29-19-31/h13-16H,6-12,17-19H2,1-5H3. The minimum Gasteiger partial charge on any atom is -0.486 e. The van der Waals surface area contributed by atoms with E-state index in [0.717, 1.165) is 30.9 Å². The Bertz CT molecular complexity index is 801. The highest BCUT2D eigenvalue weighted by atomic mass is 31.1. The first-order chi connectivity index (χ1) is 15.0. The zero-order valence-electron chi connectivity index (χ0n) is 20.1. The Morgan fingerprint density at radius 1 is 0.742 bits per heavy atom. The highest BCUT2D eigenvalue weighted by Gasteiger charge is 2.20. The minimum atomic E-state index is -0.805. The molecule has 0 spiro atoms. The van der Waals surface area contributed by atoms with Gasteiger partial charge in [0.1, 0.15) is 32.3 Å². The van der Waals surface area contributed by atoms with Crippen molar-refractivity contribution in [3.8, 4) is 11.5 Å². The summed E-state index contributed by atoms with van der Waals surface area (Å²) in [6, 6.07) is 8.93. The van der Waals surface area contributed by atoms with Crippen molar-refractivity contribution in [2.45, 2.75) is 79.6 Å². The van der Waals surface area contributed by atoms with Crippen LogP contribution in [0.25, 0.3) is 0 Å². The first kappa shape index (κ1) is 24.1. The van der Waals surface area contributed by atoms with Crippen LogP contribution in [-0.4, -0.2) is 19.3 Å². The molecule has 0 bridgehead atoms. The number of ether oxygens (including phenoxy) is 2. The van der Waals surface area contributed by atoms with Gasteiger partial charge in [0.05, 0.1) is 6.61 Å². The molecule has 0 atom stereocenters. The van der Waals surface area contributed by atoms with Gasteiger partial charge < -0.3 is 14.0 Å². The van der Waals surface area contributed by atoms with Crippen molar-refractivity contribution >= 4 is 8.15 Å². The summed E-state index contributed by atoms with van der Waals surface area (Å²) in [5.41, 5.74) is 7.41. The maximum atomic E-state index is 6.37. The van der Waals surface area contributed by atoms with Gasteiger partial charge in [-0.2, -0.15) is 0 Å². The summed E-state index contributed by atoms with van der Waals surface area (Å²) in [5.74, 6) is 2.04. The van der Waals surface area contributed by atoms with Gasteiger partial charge in [0, 0.05) is 6.42 Å². The second-order valence-corrected chi connectivity index (χ2v) is 10.7. The van der Waals surface area contributed by atoms with Crippen molar-refractivity contribution in [2.75, 3.05) is 19.3 Å². The topological polar surface area (TPSA) is 27.7 Å². The lowest BCUT2D eigenvalue weighted by molar-refractivity contribution is 0.281. The van der Waals surface area contributed by atoms with Crippen molar-refractivity contribution in [3.63, 3.8) is 0 Å². The van der Waals surface area contributed by atoms with Gasteiger partial charge in [-0.15, -0.1) is 0 Å². The van der Waals surface area contributed by atoms with E-state index >= 15 is 0 Å². The molecule has 0 aromatic heterocycles. The number of rotatable bonds is 8. The Kier molecular flexibility index (Phi) is 9.23. The van der Waals surface area contributed by atoms with Gasteiger partial charge in [-0.1, -0.05) is 74.4 Å². The molecule has 0 radical (unpaired) electrons. The molecule has 3 nitrogen and oxygen atoms in total. The predicted molar refractivity (Wildman–Crippen MR) is 132 cm³/mol. The molecule has 31 heavy (non-hydrogen) atoms. The Morgan fingerprint density at radius 3 is 1.81 bits per heavy atom. The highest BCUT2D eigenvalue weighted by molar-refractivity contribution is 7.52. The molecular weight excluding hydrogens is 403 g/mol. The van der Waals surface area contributed by atoms with E-state index in [-0.39, 0.29) is 0 Å². The summed E-state index contributed by atoms with van der Waals surface area (Å²) in [5, 5.41) is 0. The Hall–Kier alpha value is -1.57. The summed E-state index contributed by atoms with van der Waals surface area (Å²) in [6.45, 7) is 11.7. The molecule has 4 heteroatoms. The van der Waals surface area contributed by atoms with E-state index in [9.17, 15) is 0 Å². The van der Waals surface area contributed by atoms with Crippen LogP contribution in [0.5, 0.6) is 11.5 Å². The fraction of sp³-hybridized carbons (Fsp3) is 0.556. The maximum Gasteiger partial charge on any atom is 0.135 e. The Balaban J connectivity index is 1.76. The first-order valence-electron chi connectivity index (χ1n) is 11.8. The van der Waals surface area contributed by atoms with Crippen LogP contribution in [0.3, 0.4) is 0 Å². The van der Waals surface area contributed by atoms with Crippen LogP contribution in [0.4, 0.5) is 0 Å². The number of aryl methyl sites for hydroxylation is 4. The average Bonchev–Trinajstić information content (AvgIpc) is 2.70. The number of unbranched alkanes of at least 4 members (excludes halogenated alkanes) is 5. The van der Waals surface area contributed by atoms with E-state index in [2.05, 4.69) is 58.9 Å². The van der Waals surface area contributed by atoms with Crippen LogP contribution in [-0.2, 0) is 10.9 Å². The molecule has 0 fully saturated rings. The van der Waals surface area contributed by atoms with Gasteiger partial charge in [0.15, 0.2) is 0 Å². The van der Waals surface area contributed by atoms with Crippen molar-refractivity contribution in [3.05, 3.63) is 57.6 Å². The zero-order chi connectivity index (χ0) is 22.2. The molecule has 170 valence electrons. The molecule has 2 aromatic rings. The normalized spacial score (nSPS) is 14.4. The van der Waals surface area contributed by atoms with Gasteiger partial charge in [-0.05, 0) is 56.4 Å². The van der Waals surface area contributed by atoms with E-state index in [4.69, 9.17) is 14.0 Å². The molecular formula is C27H39O3P. The zero-order valence-corrected chi connectivity index (χ0v) is 20.9. The monoisotopic (exact) mass is 442 g/mol. The van der Waals surface area contributed by atoms with Gasteiger partial charge in [0.2, 0.25) is 0 Å². The van der Waals surface area contributed by atoms with Gasteiger partial charge >= 0.3 is 0 Å². The van der Waals surface area contributed by atoms with E-state index in [1.807, 2.05) is 0 Å². The van der Waals surface area contributed by atoms with Crippen LogP contribution in [0.15, 0.2) is 24.3 Å². The van der Waals surface area contributed by atoms with E-state index in [1.165, 1.54) is 65.5 Å². The van der Waals surface area contributed by atoms with Crippen molar-refractivity contribution in [2.24, 2.45) is 0 Å². The lowest BCUT2D eigenvalue weighted by Crippen LogP contribution is -2.12. The van der Waals surface area contributed by atoms with E-state index < -0.39 is 8.15 Å². The lowest BCUT2D eigenvalue weighted by atomic mass is 9.96. The minimum absolute atomic E-state index is 0.586. The van der Waals surface area contributed by atoms with Crippen LogP contribution in [0.2, 0.25) is 0 Å². The second-order valence-electron chi connectivity index (χ2n) is 8.95. The van der Waals surface area contributed by atoms with E-state index in [0.29, 0.717) is 12.7 Å². The fourth-order valence-corrected chi connectivity index (χ4v) is 5.58. The van der Waals surface area contributed by atoms with Gasteiger partial charge in [-0.3, -0.25) is 0 Å². The molecule has 0 N–H and O–H groups in total. The lowest BCUT2D eigenvalue weighted by Gasteiger charge is -2.25. The summed E-state index contributed by atoms with van der Waals surface area (Å²) in [4.78, 5) is 0. The number of benzene rings is 2. The third-order valence-corrected chi connectivity index (χ3v) is 7.23. The number of hydrogen-bond acceptors (Lipinski definition) is 3. The molecule has 0 aliphatic carbocycles. The molecule has 3 rings (SSSR count). The second kappa shape index (κ2) is 11.9. The van der Waals surface area contributed by atoms with Crippen molar-refractivity contribution in [1.82, 2.24) is 0 Å². The largest absolute Gasteiger partial charge is 0.486 e. The predicted octanol–water partition coefficient (Wildman–Crippen LogP) is 7.97. The molecule has 0 unspecified atom stereocenters. The Labute approximate surface area is 190 Å². The summed E-state index contributed by atoms with van der Waals surface area (Å²) < 4.78 is 19.0. The summed E-state index contributed by atoms with van der Waals surface area (Å²) in [6.07, 6.45) is 9.63. The molecule has 0 amide bonds. The molecule has 1 aliphatic heterocycles. The maximum absolute atomic E-state index is 6.37. The van der Waals surface area contributed by atoms with Crippen LogP contribution in [0, 0.1) is 27.7 Å². The van der Waals surface area contributed by atoms with Crippen LogP contribution in [0.1, 0.15) is 78.8 Å². The molecule has 1 heterocycles. The molecule has 0 saturated carbocycles. The molecule has 2 aromatic carbocycles. The molecule has 1 aliphatic rings. The van der Waals surface area contributed by atoms with Gasteiger partial charge in [0.25, 0.3) is 0 Å². The van der Waals surface area contributed by atoms with Gasteiger partial charge in [-0.25, -0.2) is 0 Å². The summed E-state index contributed by atoms with van der Waals surface area (Å²) in [7, 11) is -0.805. The third kappa shape index (κ3) is 6.96. The number of fused-ring (bicyclic) bond motifs is 2. The van der Waals surface area contributed by atoms with Crippen LogP contribution >= 0.6 is 8.15 Å².